The lowest BCUT2D eigenvalue weighted by Gasteiger charge is -2.39. The minimum atomic E-state index is -3.45. The normalized spacial score (nSPS) is 19.2. The van der Waals surface area contributed by atoms with E-state index >= 15 is 0 Å². The van der Waals surface area contributed by atoms with E-state index in [0.717, 1.165) is 16.8 Å². The quantitative estimate of drug-likeness (QED) is 0.842. The van der Waals surface area contributed by atoms with E-state index in [4.69, 9.17) is 0 Å². The summed E-state index contributed by atoms with van der Waals surface area (Å²) in [5.41, 5.74) is 2.98. The van der Waals surface area contributed by atoms with Gasteiger partial charge in [0.2, 0.25) is 15.9 Å². The van der Waals surface area contributed by atoms with Crippen molar-refractivity contribution in [3.05, 3.63) is 65.7 Å². The first-order valence-electron chi connectivity index (χ1n) is 8.22. The van der Waals surface area contributed by atoms with Crippen molar-refractivity contribution in [2.45, 2.75) is 19.4 Å². The molecule has 1 fully saturated rings. The van der Waals surface area contributed by atoms with Crippen molar-refractivity contribution in [3.63, 3.8) is 0 Å². The SMILES string of the molecule is Cc1ccc(N2CC(Cc3ccccc3)N(S(C)(=O)=O)CC2=O)cc1. The molecule has 2 aromatic carbocycles. The predicted molar refractivity (Wildman–Crippen MR) is 99.0 cm³/mol. The summed E-state index contributed by atoms with van der Waals surface area (Å²) >= 11 is 0. The highest BCUT2D eigenvalue weighted by Gasteiger charge is 2.37. The summed E-state index contributed by atoms with van der Waals surface area (Å²) in [6, 6.07) is 17.2. The predicted octanol–water partition coefficient (Wildman–Crippen LogP) is 2.21. The molecule has 1 atom stereocenters. The Hall–Kier alpha value is -2.18. The van der Waals surface area contributed by atoms with Gasteiger partial charge in [-0.3, -0.25) is 4.79 Å². The first kappa shape index (κ1) is 17.6. The Balaban J connectivity index is 1.90. The number of anilines is 1. The molecule has 0 spiro atoms. The van der Waals surface area contributed by atoms with Crippen LogP contribution in [0.5, 0.6) is 0 Å². The molecule has 1 saturated heterocycles. The molecule has 0 bridgehead atoms. The molecule has 6 heteroatoms. The highest BCUT2D eigenvalue weighted by atomic mass is 32.2. The maximum Gasteiger partial charge on any atom is 0.242 e. The summed E-state index contributed by atoms with van der Waals surface area (Å²) in [6.45, 7) is 2.22. The van der Waals surface area contributed by atoms with Gasteiger partial charge >= 0.3 is 0 Å². The average molecular weight is 358 g/mol. The Morgan fingerprint density at radius 3 is 2.28 bits per heavy atom. The van der Waals surface area contributed by atoms with Crippen LogP contribution in [0.3, 0.4) is 0 Å². The third-order valence-corrected chi connectivity index (χ3v) is 5.76. The molecule has 2 aromatic rings. The Morgan fingerprint density at radius 2 is 1.68 bits per heavy atom. The average Bonchev–Trinajstić information content (AvgIpc) is 2.57. The van der Waals surface area contributed by atoms with E-state index in [2.05, 4.69) is 0 Å². The lowest BCUT2D eigenvalue weighted by atomic mass is 10.0. The molecule has 1 aliphatic heterocycles. The number of carbonyl (C=O) groups is 1. The fraction of sp³-hybridized carbons (Fsp3) is 0.316. The van der Waals surface area contributed by atoms with Gasteiger partial charge in [-0.25, -0.2) is 8.42 Å². The topological polar surface area (TPSA) is 57.7 Å². The van der Waals surface area contributed by atoms with Gasteiger partial charge in [-0.1, -0.05) is 48.0 Å². The maximum atomic E-state index is 12.6. The standard InChI is InChI=1S/C19H22N2O3S/c1-15-8-10-17(11-9-15)20-13-18(12-16-6-4-3-5-7-16)21(14-19(20)22)25(2,23)24/h3-11,18H,12-14H2,1-2H3. The number of nitrogens with zero attached hydrogens (tertiary/aromatic N) is 2. The van der Waals surface area contributed by atoms with Gasteiger partial charge in [0.05, 0.1) is 12.8 Å². The summed E-state index contributed by atoms with van der Waals surface area (Å²) in [5, 5.41) is 0. The molecule has 0 saturated carbocycles. The van der Waals surface area contributed by atoms with Crippen LogP contribution < -0.4 is 4.90 Å². The molecule has 1 unspecified atom stereocenters. The zero-order chi connectivity index (χ0) is 18.0. The molecule has 0 N–H and O–H groups in total. The van der Waals surface area contributed by atoms with Gasteiger partial charge in [0.15, 0.2) is 0 Å². The lowest BCUT2D eigenvalue weighted by molar-refractivity contribution is -0.120. The summed E-state index contributed by atoms with van der Waals surface area (Å²) in [6.07, 6.45) is 1.74. The molecule has 132 valence electrons. The Bertz CT molecular complexity index is 848. The number of amides is 1. The highest BCUT2D eigenvalue weighted by molar-refractivity contribution is 7.88. The van der Waals surface area contributed by atoms with Crippen LogP contribution in [0.2, 0.25) is 0 Å². The Morgan fingerprint density at radius 1 is 1.04 bits per heavy atom. The van der Waals surface area contributed by atoms with Crippen molar-refractivity contribution in [1.29, 1.82) is 0 Å². The van der Waals surface area contributed by atoms with E-state index in [1.54, 1.807) is 4.90 Å². The van der Waals surface area contributed by atoms with E-state index in [1.807, 2.05) is 61.5 Å². The van der Waals surface area contributed by atoms with Crippen LogP contribution in [0.25, 0.3) is 0 Å². The van der Waals surface area contributed by atoms with E-state index in [-0.39, 0.29) is 18.5 Å². The number of carbonyl (C=O) groups excluding carboxylic acids is 1. The van der Waals surface area contributed by atoms with Gasteiger partial charge in [0.1, 0.15) is 0 Å². The third-order valence-electron chi connectivity index (χ3n) is 4.48. The van der Waals surface area contributed by atoms with Crippen LogP contribution in [0.4, 0.5) is 5.69 Å². The highest BCUT2D eigenvalue weighted by Crippen LogP contribution is 2.24. The number of hydrogen-bond donors (Lipinski definition) is 0. The Kier molecular flexibility index (Phi) is 4.92. The van der Waals surface area contributed by atoms with Crippen LogP contribution in [0, 0.1) is 6.92 Å². The lowest BCUT2D eigenvalue weighted by Crippen LogP contribution is -2.58. The van der Waals surface area contributed by atoms with Crippen LogP contribution in [-0.4, -0.2) is 44.0 Å². The molecule has 3 rings (SSSR count). The monoisotopic (exact) mass is 358 g/mol. The van der Waals surface area contributed by atoms with Gasteiger partial charge in [0, 0.05) is 18.3 Å². The van der Waals surface area contributed by atoms with Crippen molar-refractivity contribution >= 4 is 21.6 Å². The number of rotatable bonds is 4. The van der Waals surface area contributed by atoms with E-state index in [9.17, 15) is 13.2 Å². The zero-order valence-electron chi connectivity index (χ0n) is 14.4. The number of sulfonamides is 1. The molecule has 1 amide bonds. The molecule has 1 heterocycles. The van der Waals surface area contributed by atoms with Crippen molar-refractivity contribution in [3.8, 4) is 0 Å². The van der Waals surface area contributed by atoms with Gasteiger partial charge < -0.3 is 4.90 Å². The van der Waals surface area contributed by atoms with Gasteiger partial charge in [-0.15, -0.1) is 0 Å². The van der Waals surface area contributed by atoms with E-state index in [0.29, 0.717) is 13.0 Å². The first-order valence-corrected chi connectivity index (χ1v) is 10.1. The summed E-state index contributed by atoms with van der Waals surface area (Å²) < 4.78 is 25.7. The fourth-order valence-corrected chi connectivity index (χ4v) is 4.19. The molecule has 0 radical (unpaired) electrons. The molecule has 1 aliphatic rings. The molecular weight excluding hydrogens is 336 g/mol. The van der Waals surface area contributed by atoms with Crippen LogP contribution in [0.1, 0.15) is 11.1 Å². The minimum Gasteiger partial charge on any atom is -0.310 e. The van der Waals surface area contributed by atoms with Gasteiger partial charge in [-0.2, -0.15) is 4.31 Å². The number of benzene rings is 2. The van der Waals surface area contributed by atoms with E-state index in [1.165, 1.54) is 10.6 Å². The molecule has 0 aromatic heterocycles. The van der Waals surface area contributed by atoms with Crippen molar-refractivity contribution in [1.82, 2.24) is 4.31 Å². The second-order valence-electron chi connectivity index (χ2n) is 6.49. The van der Waals surface area contributed by atoms with Crippen LogP contribution >= 0.6 is 0 Å². The first-order chi connectivity index (χ1) is 11.8. The minimum absolute atomic E-state index is 0.121. The largest absolute Gasteiger partial charge is 0.310 e. The van der Waals surface area contributed by atoms with Crippen molar-refractivity contribution in [2.75, 3.05) is 24.2 Å². The molecular formula is C19H22N2O3S. The summed E-state index contributed by atoms with van der Waals surface area (Å²) in [7, 11) is -3.45. The second-order valence-corrected chi connectivity index (χ2v) is 8.43. The van der Waals surface area contributed by atoms with Crippen LogP contribution in [0.15, 0.2) is 54.6 Å². The summed E-state index contributed by atoms with van der Waals surface area (Å²) in [4.78, 5) is 14.2. The summed E-state index contributed by atoms with van der Waals surface area (Å²) in [5.74, 6) is -0.196. The number of piperazine rings is 1. The van der Waals surface area contributed by atoms with Gasteiger partial charge in [0.25, 0.3) is 0 Å². The number of hydrogen-bond acceptors (Lipinski definition) is 3. The fourth-order valence-electron chi connectivity index (χ4n) is 3.17. The zero-order valence-corrected chi connectivity index (χ0v) is 15.2. The van der Waals surface area contributed by atoms with Crippen LogP contribution in [-0.2, 0) is 21.2 Å². The number of aryl methyl sites for hydroxylation is 1. The van der Waals surface area contributed by atoms with Gasteiger partial charge in [-0.05, 0) is 31.0 Å². The molecule has 0 aliphatic carbocycles. The molecule has 5 nitrogen and oxygen atoms in total. The smallest absolute Gasteiger partial charge is 0.242 e. The van der Waals surface area contributed by atoms with Crippen molar-refractivity contribution < 1.29 is 13.2 Å². The molecule has 25 heavy (non-hydrogen) atoms. The van der Waals surface area contributed by atoms with E-state index < -0.39 is 10.0 Å². The maximum absolute atomic E-state index is 12.6. The third kappa shape index (κ3) is 4.08. The Labute approximate surface area is 148 Å². The second kappa shape index (κ2) is 6.98. The van der Waals surface area contributed by atoms with Crippen molar-refractivity contribution in [2.24, 2.45) is 0 Å².